The van der Waals surface area contributed by atoms with Gasteiger partial charge in [-0.05, 0) is 72.2 Å². The summed E-state index contributed by atoms with van der Waals surface area (Å²) in [6.07, 6.45) is 4.71. The molecular formula is C22H38IN5O3. The molecule has 9 heteroatoms. The van der Waals surface area contributed by atoms with Crippen molar-refractivity contribution in [1.29, 1.82) is 0 Å². The van der Waals surface area contributed by atoms with Crippen LogP contribution in [0.3, 0.4) is 0 Å². The first kappa shape index (κ1) is 25.8. The monoisotopic (exact) mass is 547 g/mol. The van der Waals surface area contributed by atoms with E-state index in [0.29, 0.717) is 6.54 Å². The van der Waals surface area contributed by atoms with Gasteiger partial charge in [-0.2, -0.15) is 0 Å². The molecule has 0 aromatic carbocycles. The SMILES string of the molecule is CCNC(=NCC(c1ccco1)N1CCCC1)N1CCC(NC(=O)OC(C)(C)C)C1.I. The Balaban J connectivity index is 0.00000341. The van der Waals surface area contributed by atoms with E-state index in [-0.39, 0.29) is 42.2 Å². The number of nitrogens with one attached hydrogen (secondary N) is 2. The molecule has 2 unspecified atom stereocenters. The van der Waals surface area contributed by atoms with Crippen LogP contribution in [-0.4, -0.2) is 72.8 Å². The van der Waals surface area contributed by atoms with Gasteiger partial charge in [0.2, 0.25) is 0 Å². The summed E-state index contributed by atoms with van der Waals surface area (Å²) >= 11 is 0. The zero-order chi connectivity index (χ0) is 21.6. The van der Waals surface area contributed by atoms with E-state index in [2.05, 4.69) is 27.4 Å². The molecule has 1 aromatic rings. The minimum atomic E-state index is -0.491. The van der Waals surface area contributed by atoms with Crippen molar-refractivity contribution in [1.82, 2.24) is 20.4 Å². The highest BCUT2D eigenvalue weighted by atomic mass is 127. The molecule has 3 rings (SSSR count). The smallest absolute Gasteiger partial charge is 0.407 e. The molecule has 2 saturated heterocycles. The van der Waals surface area contributed by atoms with Crippen LogP contribution >= 0.6 is 24.0 Å². The number of amides is 1. The van der Waals surface area contributed by atoms with E-state index in [4.69, 9.17) is 14.1 Å². The molecule has 0 saturated carbocycles. The number of rotatable bonds is 6. The summed E-state index contributed by atoms with van der Waals surface area (Å²) in [5, 5.41) is 6.40. The van der Waals surface area contributed by atoms with Crippen LogP contribution in [-0.2, 0) is 4.74 Å². The van der Waals surface area contributed by atoms with Gasteiger partial charge in [-0.1, -0.05) is 0 Å². The molecule has 3 heterocycles. The third-order valence-corrected chi connectivity index (χ3v) is 5.41. The molecule has 2 fully saturated rings. The number of furan rings is 1. The van der Waals surface area contributed by atoms with Crippen molar-refractivity contribution in [2.75, 3.05) is 39.3 Å². The molecule has 2 N–H and O–H groups in total. The maximum absolute atomic E-state index is 12.1. The summed E-state index contributed by atoms with van der Waals surface area (Å²) in [6, 6.07) is 4.21. The Morgan fingerprint density at radius 2 is 2.06 bits per heavy atom. The number of carbonyl (C=O) groups is 1. The van der Waals surface area contributed by atoms with Gasteiger partial charge in [0.25, 0.3) is 0 Å². The highest BCUT2D eigenvalue weighted by molar-refractivity contribution is 14.0. The lowest BCUT2D eigenvalue weighted by Gasteiger charge is -2.26. The van der Waals surface area contributed by atoms with Crippen LogP contribution in [0.15, 0.2) is 27.8 Å². The number of nitrogens with zero attached hydrogens (tertiary/aromatic N) is 3. The van der Waals surface area contributed by atoms with E-state index in [1.807, 2.05) is 32.9 Å². The fraction of sp³-hybridized carbons (Fsp3) is 0.727. The highest BCUT2D eigenvalue weighted by Gasteiger charge is 2.29. The van der Waals surface area contributed by atoms with E-state index < -0.39 is 5.60 Å². The van der Waals surface area contributed by atoms with Crippen molar-refractivity contribution in [2.24, 2.45) is 4.99 Å². The predicted molar refractivity (Wildman–Crippen MR) is 133 cm³/mol. The summed E-state index contributed by atoms with van der Waals surface area (Å²) in [4.78, 5) is 21.7. The molecular weight excluding hydrogens is 509 g/mol. The van der Waals surface area contributed by atoms with Gasteiger partial charge in [-0.25, -0.2) is 4.79 Å². The van der Waals surface area contributed by atoms with Crippen LogP contribution in [0.2, 0.25) is 0 Å². The maximum Gasteiger partial charge on any atom is 0.407 e. The van der Waals surface area contributed by atoms with Crippen molar-refractivity contribution < 1.29 is 13.9 Å². The Morgan fingerprint density at radius 1 is 1.32 bits per heavy atom. The standard InChI is InChI=1S/C22H37N5O3.HI/c1-5-23-20(27-13-10-17(16-27)25-21(28)30-22(2,3)4)24-15-18(19-9-8-14-29-19)26-11-6-7-12-26;/h8-9,14,17-18H,5-7,10-13,15-16H2,1-4H3,(H,23,24)(H,25,28);1H. The van der Waals surface area contributed by atoms with Crippen molar-refractivity contribution in [3.63, 3.8) is 0 Å². The Morgan fingerprint density at radius 3 is 2.68 bits per heavy atom. The summed E-state index contributed by atoms with van der Waals surface area (Å²) in [5.74, 6) is 1.86. The van der Waals surface area contributed by atoms with Gasteiger partial charge in [-0.3, -0.25) is 9.89 Å². The van der Waals surface area contributed by atoms with Crippen LogP contribution in [0.1, 0.15) is 58.8 Å². The van der Waals surface area contributed by atoms with Gasteiger partial charge in [0.1, 0.15) is 11.4 Å². The minimum absolute atomic E-state index is 0. The molecule has 2 aliphatic heterocycles. The average Bonchev–Trinajstić information content (AvgIpc) is 3.42. The van der Waals surface area contributed by atoms with Crippen LogP contribution < -0.4 is 10.6 Å². The lowest BCUT2D eigenvalue weighted by molar-refractivity contribution is 0.0507. The molecule has 0 spiro atoms. The fourth-order valence-corrected chi connectivity index (χ4v) is 4.06. The van der Waals surface area contributed by atoms with Crippen LogP contribution in [0.25, 0.3) is 0 Å². The zero-order valence-electron chi connectivity index (χ0n) is 19.2. The number of hydrogen-bond donors (Lipinski definition) is 2. The van der Waals surface area contributed by atoms with Gasteiger partial charge < -0.3 is 24.7 Å². The molecule has 1 aromatic heterocycles. The zero-order valence-corrected chi connectivity index (χ0v) is 21.6. The topological polar surface area (TPSA) is 82.3 Å². The maximum atomic E-state index is 12.1. The highest BCUT2D eigenvalue weighted by Crippen LogP contribution is 2.26. The summed E-state index contributed by atoms with van der Waals surface area (Å²) in [5.41, 5.74) is -0.491. The second kappa shape index (κ2) is 11.9. The molecule has 8 nitrogen and oxygen atoms in total. The van der Waals surface area contributed by atoms with Crippen LogP contribution in [0.4, 0.5) is 4.79 Å². The Kier molecular flexibility index (Phi) is 9.92. The largest absolute Gasteiger partial charge is 0.468 e. The quantitative estimate of drug-likeness (QED) is 0.322. The minimum Gasteiger partial charge on any atom is -0.468 e. The Labute approximate surface area is 203 Å². The first-order valence-electron chi connectivity index (χ1n) is 11.2. The second-order valence-corrected chi connectivity index (χ2v) is 9.05. The summed E-state index contributed by atoms with van der Waals surface area (Å²) < 4.78 is 11.1. The van der Waals surface area contributed by atoms with Gasteiger partial charge in [0, 0.05) is 19.6 Å². The average molecular weight is 547 g/mol. The van der Waals surface area contributed by atoms with Crippen LogP contribution in [0, 0.1) is 0 Å². The van der Waals surface area contributed by atoms with Gasteiger partial charge in [-0.15, -0.1) is 24.0 Å². The van der Waals surface area contributed by atoms with Gasteiger partial charge in [0.15, 0.2) is 5.96 Å². The number of hydrogen-bond acceptors (Lipinski definition) is 5. The summed E-state index contributed by atoms with van der Waals surface area (Å²) in [7, 11) is 0. The number of aliphatic imine (C=N–C) groups is 1. The second-order valence-electron chi connectivity index (χ2n) is 9.05. The normalized spacial score (nSPS) is 21.0. The fourth-order valence-electron chi connectivity index (χ4n) is 4.06. The number of likely N-dealkylation sites (tertiary alicyclic amines) is 2. The van der Waals surface area contributed by atoms with Gasteiger partial charge in [0.05, 0.1) is 24.9 Å². The van der Waals surface area contributed by atoms with Crippen LogP contribution in [0.5, 0.6) is 0 Å². The number of guanidine groups is 1. The number of halogens is 1. The van der Waals surface area contributed by atoms with Crippen molar-refractivity contribution in [2.45, 2.75) is 64.6 Å². The number of alkyl carbamates (subject to hydrolysis) is 1. The van der Waals surface area contributed by atoms with Crippen molar-refractivity contribution in [3.8, 4) is 0 Å². The van der Waals surface area contributed by atoms with E-state index in [1.54, 1.807) is 6.26 Å². The summed E-state index contributed by atoms with van der Waals surface area (Å²) in [6.45, 7) is 12.9. The first-order chi connectivity index (χ1) is 14.4. The molecule has 0 radical (unpaired) electrons. The molecule has 2 aliphatic rings. The van der Waals surface area contributed by atoms with E-state index >= 15 is 0 Å². The van der Waals surface area contributed by atoms with Gasteiger partial charge >= 0.3 is 6.09 Å². The van der Waals surface area contributed by atoms with Crippen molar-refractivity contribution in [3.05, 3.63) is 24.2 Å². The van der Waals surface area contributed by atoms with E-state index in [9.17, 15) is 4.79 Å². The predicted octanol–water partition coefficient (Wildman–Crippen LogP) is 3.60. The number of carbonyl (C=O) groups excluding carboxylic acids is 1. The first-order valence-corrected chi connectivity index (χ1v) is 11.2. The van der Waals surface area contributed by atoms with E-state index in [0.717, 1.165) is 50.9 Å². The molecule has 0 bridgehead atoms. The molecule has 1 amide bonds. The molecule has 31 heavy (non-hydrogen) atoms. The molecule has 176 valence electrons. The lowest BCUT2D eigenvalue weighted by Crippen LogP contribution is -2.44. The van der Waals surface area contributed by atoms with Crippen molar-refractivity contribution >= 4 is 36.0 Å². The Hall–Kier alpha value is -1.49. The van der Waals surface area contributed by atoms with E-state index in [1.165, 1.54) is 12.8 Å². The lowest BCUT2D eigenvalue weighted by atomic mass is 10.2. The Bertz CT molecular complexity index is 698. The molecule has 0 aliphatic carbocycles. The molecule has 2 atom stereocenters. The third-order valence-electron chi connectivity index (χ3n) is 5.41. The third kappa shape index (κ3) is 7.85. The number of ether oxygens (including phenoxy) is 1.